The number of ether oxygens (including phenoxy) is 1. The lowest BCUT2D eigenvalue weighted by molar-refractivity contribution is -0.154. The molecule has 2 N–H and O–H groups in total. The van der Waals surface area contributed by atoms with Crippen molar-refractivity contribution in [2.45, 2.75) is 72.9 Å². The molecule has 0 radical (unpaired) electrons. The van der Waals surface area contributed by atoms with E-state index in [4.69, 9.17) is 13.0 Å². The van der Waals surface area contributed by atoms with Crippen molar-refractivity contribution in [3.8, 4) is 0 Å². The summed E-state index contributed by atoms with van der Waals surface area (Å²) in [6.45, 7) is 4.28. The van der Waals surface area contributed by atoms with Gasteiger partial charge < -0.3 is 20.3 Å². The van der Waals surface area contributed by atoms with E-state index in [0.717, 1.165) is 0 Å². The molecule has 0 aromatic rings. The molecule has 154 valence electrons. The van der Waals surface area contributed by atoms with Gasteiger partial charge in [-0.1, -0.05) is 34.5 Å². The maximum absolute atomic E-state index is 13.7. The van der Waals surface area contributed by atoms with Crippen LogP contribution in [0, 0.1) is 22.7 Å². The smallest absolute Gasteiger partial charge is 0.328 e. The number of methoxy groups -OCH3 is 1. The SMILES string of the molecule is [2H]C([2H])([2H])C(C)(C)NC(=O)N[C@H](C(=O)N1C[C@H]2[C@@H]([C@H]1C(=O)OC)C2(C)C)C(C)(C)C([2H])([2H])[2H]. The highest BCUT2D eigenvalue weighted by atomic mass is 16.5. The van der Waals surface area contributed by atoms with Crippen molar-refractivity contribution in [2.24, 2.45) is 22.7 Å². The normalized spacial score (nSPS) is 31.7. The summed E-state index contributed by atoms with van der Waals surface area (Å²) < 4.78 is 51.5. The van der Waals surface area contributed by atoms with Gasteiger partial charge in [-0.05, 0) is 37.4 Å². The zero-order valence-corrected chi connectivity index (χ0v) is 17.1. The number of nitrogens with zero attached hydrogens (tertiary/aromatic N) is 1. The van der Waals surface area contributed by atoms with Gasteiger partial charge in [0.25, 0.3) is 0 Å². The van der Waals surface area contributed by atoms with Gasteiger partial charge in [-0.15, -0.1) is 0 Å². The largest absolute Gasteiger partial charge is 0.467 e. The minimum atomic E-state index is -2.65. The van der Waals surface area contributed by atoms with Crippen molar-refractivity contribution in [3.63, 3.8) is 0 Å². The molecule has 0 aromatic carbocycles. The Hall–Kier alpha value is -1.79. The molecule has 1 saturated carbocycles. The molecule has 27 heavy (non-hydrogen) atoms. The highest BCUT2D eigenvalue weighted by molar-refractivity contribution is 5.92. The van der Waals surface area contributed by atoms with Gasteiger partial charge in [0.15, 0.2) is 0 Å². The number of urea groups is 1. The van der Waals surface area contributed by atoms with E-state index in [1.165, 1.54) is 39.7 Å². The van der Waals surface area contributed by atoms with E-state index < -0.39 is 54.6 Å². The lowest BCUT2D eigenvalue weighted by Gasteiger charge is -2.37. The van der Waals surface area contributed by atoms with Crippen molar-refractivity contribution in [1.29, 1.82) is 0 Å². The summed E-state index contributed by atoms with van der Waals surface area (Å²) in [5.74, 6) is -1.41. The van der Waals surface area contributed by atoms with Crippen molar-refractivity contribution in [2.75, 3.05) is 13.7 Å². The fourth-order valence-corrected chi connectivity index (χ4v) is 4.07. The average molecular weight is 388 g/mol. The Bertz CT molecular complexity index is 822. The first kappa shape index (κ1) is 14.2. The van der Waals surface area contributed by atoms with E-state index in [1.807, 2.05) is 13.8 Å². The second-order valence-electron chi connectivity index (χ2n) is 9.29. The zero-order chi connectivity index (χ0) is 25.9. The molecule has 1 heterocycles. The van der Waals surface area contributed by atoms with Crippen LogP contribution >= 0.6 is 0 Å². The molecule has 0 spiro atoms. The van der Waals surface area contributed by atoms with Crippen molar-refractivity contribution < 1.29 is 27.3 Å². The van der Waals surface area contributed by atoms with Crippen LogP contribution in [0.15, 0.2) is 0 Å². The Kier molecular flexibility index (Phi) is 3.52. The third-order valence-electron chi connectivity index (χ3n) is 5.60. The van der Waals surface area contributed by atoms with Crippen LogP contribution in [0.3, 0.4) is 0 Å². The van der Waals surface area contributed by atoms with Crippen molar-refractivity contribution >= 4 is 17.9 Å². The monoisotopic (exact) mass is 387 g/mol. The fourth-order valence-electron chi connectivity index (χ4n) is 4.07. The van der Waals surface area contributed by atoms with Crippen LogP contribution < -0.4 is 10.6 Å². The van der Waals surface area contributed by atoms with Crippen LogP contribution in [0.25, 0.3) is 0 Å². The van der Waals surface area contributed by atoms with E-state index in [1.54, 1.807) is 0 Å². The average Bonchev–Trinajstić information content (AvgIpc) is 2.99. The van der Waals surface area contributed by atoms with E-state index in [0.29, 0.717) is 0 Å². The Balaban J connectivity index is 2.38. The van der Waals surface area contributed by atoms with Crippen LogP contribution in [0.1, 0.15) is 63.5 Å². The number of esters is 1. The summed E-state index contributed by atoms with van der Waals surface area (Å²) >= 11 is 0. The van der Waals surface area contributed by atoms with Gasteiger partial charge in [0, 0.05) is 26.2 Å². The summed E-state index contributed by atoms with van der Waals surface area (Å²) in [5, 5.41) is 4.71. The molecule has 1 aliphatic carbocycles. The molecule has 1 aliphatic heterocycles. The Morgan fingerprint density at radius 3 is 2.37 bits per heavy atom. The molecule has 7 nitrogen and oxygen atoms in total. The number of carbonyl (C=O) groups is 3. The minimum Gasteiger partial charge on any atom is -0.467 e. The number of carbonyl (C=O) groups excluding carboxylic acids is 3. The zero-order valence-electron chi connectivity index (χ0n) is 23.1. The molecule has 2 aliphatic rings. The van der Waals surface area contributed by atoms with Crippen LogP contribution in [0.2, 0.25) is 0 Å². The van der Waals surface area contributed by atoms with Gasteiger partial charge in [-0.3, -0.25) is 4.79 Å². The highest BCUT2D eigenvalue weighted by Gasteiger charge is 2.70. The van der Waals surface area contributed by atoms with Gasteiger partial charge in [0.05, 0.1) is 7.11 Å². The predicted octanol–water partition coefficient (Wildman–Crippen LogP) is 2.15. The van der Waals surface area contributed by atoms with Gasteiger partial charge in [-0.25, -0.2) is 9.59 Å². The van der Waals surface area contributed by atoms with Crippen LogP contribution in [-0.4, -0.2) is 54.1 Å². The summed E-state index contributed by atoms with van der Waals surface area (Å²) in [6.07, 6.45) is 0. The van der Waals surface area contributed by atoms with Gasteiger partial charge in [-0.2, -0.15) is 0 Å². The number of amides is 3. The minimum absolute atomic E-state index is 0.0467. The summed E-state index contributed by atoms with van der Waals surface area (Å²) in [6, 6.07) is -3.43. The van der Waals surface area contributed by atoms with Crippen LogP contribution in [-0.2, 0) is 14.3 Å². The first-order valence-corrected chi connectivity index (χ1v) is 9.08. The maximum Gasteiger partial charge on any atom is 0.328 e. The second kappa shape index (κ2) is 6.67. The number of hydrogen-bond donors (Lipinski definition) is 2. The molecule has 1 saturated heterocycles. The summed E-state index contributed by atoms with van der Waals surface area (Å²) in [7, 11) is 1.22. The second-order valence-corrected chi connectivity index (χ2v) is 9.29. The number of piperidine rings is 1. The molecule has 2 fully saturated rings. The highest BCUT2D eigenvalue weighted by Crippen LogP contribution is 2.65. The van der Waals surface area contributed by atoms with Gasteiger partial charge in [0.1, 0.15) is 12.1 Å². The number of nitrogens with one attached hydrogen (secondary N) is 2. The Morgan fingerprint density at radius 2 is 1.85 bits per heavy atom. The Labute approximate surface area is 171 Å². The van der Waals surface area contributed by atoms with Crippen molar-refractivity contribution in [3.05, 3.63) is 0 Å². The lowest BCUT2D eigenvalue weighted by Crippen LogP contribution is -2.60. The van der Waals surface area contributed by atoms with Crippen LogP contribution in [0.4, 0.5) is 4.79 Å². The molecule has 3 amide bonds. The molecule has 0 aromatic heterocycles. The topological polar surface area (TPSA) is 87.7 Å². The number of likely N-dealkylation sites (tertiary alicyclic amines) is 1. The third-order valence-corrected chi connectivity index (χ3v) is 5.60. The summed E-state index contributed by atoms with van der Waals surface area (Å²) in [4.78, 5) is 40.2. The maximum atomic E-state index is 13.7. The first-order chi connectivity index (χ1) is 14.6. The van der Waals surface area contributed by atoms with Gasteiger partial charge in [0.2, 0.25) is 5.91 Å². The van der Waals surface area contributed by atoms with E-state index in [-0.39, 0.29) is 23.8 Å². The number of hydrogen-bond acceptors (Lipinski definition) is 4. The van der Waals surface area contributed by atoms with Crippen molar-refractivity contribution in [1.82, 2.24) is 15.5 Å². The predicted molar refractivity (Wildman–Crippen MR) is 103 cm³/mol. The summed E-state index contributed by atoms with van der Waals surface area (Å²) in [5.41, 5.74) is -3.53. The van der Waals surface area contributed by atoms with Crippen LogP contribution in [0.5, 0.6) is 0 Å². The lowest BCUT2D eigenvalue weighted by atomic mass is 9.85. The van der Waals surface area contributed by atoms with E-state index in [9.17, 15) is 14.4 Å². The molecular formula is C20H35N3O4. The van der Waals surface area contributed by atoms with Gasteiger partial charge >= 0.3 is 12.0 Å². The molecule has 7 heteroatoms. The third kappa shape index (κ3) is 4.22. The fraction of sp³-hybridized carbons (Fsp3) is 0.850. The quantitative estimate of drug-likeness (QED) is 0.727. The number of fused-ring (bicyclic) bond motifs is 1. The first-order valence-electron chi connectivity index (χ1n) is 12.1. The standard InChI is InChI=1S/C20H35N3O4/c1-18(2,3)14(21-17(26)22-19(4,5)6)15(24)23-10-11-12(20(11,7)8)13(23)16(25)27-9/h11-14H,10H2,1-9H3,(H2,21,22,26)/t11-,12-,13-,14+/m0/s1/i1D3,4D3. The Morgan fingerprint density at radius 1 is 1.22 bits per heavy atom. The number of rotatable bonds is 3. The molecule has 4 atom stereocenters. The molecule has 0 bridgehead atoms. The molecule has 2 rings (SSSR count). The molecule has 0 unspecified atom stereocenters. The van der Waals surface area contributed by atoms with E-state index >= 15 is 0 Å². The molecular weight excluding hydrogens is 346 g/mol. The van der Waals surface area contributed by atoms with E-state index in [2.05, 4.69) is 10.6 Å².